The van der Waals surface area contributed by atoms with Crippen molar-refractivity contribution in [2.45, 2.75) is 13.5 Å². The van der Waals surface area contributed by atoms with Gasteiger partial charge in [0.05, 0.1) is 6.54 Å². The second-order valence-electron chi connectivity index (χ2n) is 4.36. The van der Waals surface area contributed by atoms with Gasteiger partial charge in [-0.3, -0.25) is 10.4 Å². The summed E-state index contributed by atoms with van der Waals surface area (Å²) in [5, 5.41) is 11.7. The molecule has 2 aromatic heterocycles. The first-order valence-electron chi connectivity index (χ1n) is 6.31. The molecule has 0 aliphatic carbocycles. The summed E-state index contributed by atoms with van der Waals surface area (Å²) in [6.07, 6.45) is 7.96. The van der Waals surface area contributed by atoms with E-state index >= 15 is 0 Å². The predicted octanol–water partition coefficient (Wildman–Crippen LogP) is 1.16. The topological polar surface area (TPSA) is 67.2 Å². The first-order chi connectivity index (χ1) is 9.65. The van der Waals surface area contributed by atoms with E-state index in [-0.39, 0.29) is 5.84 Å². The predicted molar refractivity (Wildman–Crippen MR) is 87.1 cm³/mol. The molecule has 0 aliphatic rings. The molecule has 4 nitrogen and oxygen atoms in total. The number of hydrogen-bond acceptors (Lipinski definition) is 3. The summed E-state index contributed by atoms with van der Waals surface area (Å²) in [6, 6.07) is 4.06. The second kappa shape index (κ2) is 6.34. The number of aliphatic imine (C=N–C) groups is 1. The molecule has 0 bridgehead atoms. The van der Waals surface area contributed by atoms with Crippen LogP contribution in [0, 0.1) is 5.41 Å². The molecule has 20 heavy (non-hydrogen) atoms. The quantitative estimate of drug-likeness (QED) is 0.643. The van der Waals surface area contributed by atoms with Gasteiger partial charge >= 0.3 is 0 Å². The minimum Gasteiger partial charge on any atom is -0.384 e. The number of thiophene rings is 1. The number of amidine groups is 1. The summed E-state index contributed by atoms with van der Waals surface area (Å²) in [6.45, 7) is 2.80. The highest BCUT2D eigenvalue weighted by Crippen LogP contribution is 2.14. The summed E-state index contributed by atoms with van der Waals surface area (Å²) in [7, 11) is 1.76. The van der Waals surface area contributed by atoms with Crippen LogP contribution in [0.25, 0.3) is 12.2 Å². The third-order valence-electron chi connectivity index (χ3n) is 3.02. The van der Waals surface area contributed by atoms with Crippen LogP contribution in [0.2, 0.25) is 0 Å². The van der Waals surface area contributed by atoms with Crippen molar-refractivity contribution in [2.75, 3.05) is 7.05 Å². The van der Waals surface area contributed by atoms with Crippen LogP contribution < -0.4 is 16.3 Å². The van der Waals surface area contributed by atoms with E-state index in [1.165, 1.54) is 10.1 Å². The van der Waals surface area contributed by atoms with E-state index in [4.69, 9.17) is 11.1 Å². The molecule has 0 fully saturated rings. The third-order valence-corrected chi connectivity index (χ3v) is 3.94. The van der Waals surface area contributed by atoms with Crippen molar-refractivity contribution in [3.05, 3.63) is 44.7 Å². The van der Waals surface area contributed by atoms with Gasteiger partial charge in [0.2, 0.25) is 0 Å². The van der Waals surface area contributed by atoms with E-state index in [9.17, 15) is 0 Å². The number of nitrogens with zero attached hydrogens (tertiary/aromatic N) is 2. The molecule has 0 spiro atoms. The van der Waals surface area contributed by atoms with Gasteiger partial charge in [-0.15, -0.1) is 11.3 Å². The lowest BCUT2D eigenvalue weighted by atomic mass is 10.3. The van der Waals surface area contributed by atoms with Gasteiger partial charge in [0, 0.05) is 40.6 Å². The zero-order valence-electron chi connectivity index (χ0n) is 11.6. The SMILES string of the molecule is C/C=c1/ccn(Cc2cc(C(=N)N)cs2)/c1=C/C=NC. The van der Waals surface area contributed by atoms with E-state index in [2.05, 4.69) is 27.9 Å². The average molecular weight is 286 g/mol. The van der Waals surface area contributed by atoms with Crippen molar-refractivity contribution >= 4 is 35.5 Å². The lowest BCUT2D eigenvalue weighted by Gasteiger charge is -2.01. The van der Waals surface area contributed by atoms with E-state index in [1.807, 2.05) is 24.4 Å². The molecular weight excluding hydrogens is 268 g/mol. The minimum atomic E-state index is 0.118. The molecule has 0 amide bonds. The Balaban J connectivity index is 2.38. The Labute approximate surface area is 122 Å². The van der Waals surface area contributed by atoms with Crippen LogP contribution in [-0.4, -0.2) is 23.7 Å². The molecule has 0 radical (unpaired) electrons. The van der Waals surface area contributed by atoms with Crippen molar-refractivity contribution in [1.29, 1.82) is 5.41 Å². The number of aromatic nitrogens is 1. The maximum Gasteiger partial charge on any atom is 0.123 e. The molecule has 0 saturated carbocycles. The maximum atomic E-state index is 7.44. The van der Waals surface area contributed by atoms with Crippen molar-refractivity contribution in [2.24, 2.45) is 10.7 Å². The largest absolute Gasteiger partial charge is 0.384 e. The number of nitrogens with two attached hydrogens (primary N) is 1. The number of nitrogens with one attached hydrogen (secondary N) is 1. The summed E-state index contributed by atoms with van der Waals surface area (Å²) < 4.78 is 2.17. The monoisotopic (exact) mass is 286 g/mol. The minimum absolute atomic E-state index is 0.118. The highest BCUT2D eigenvalue weighted by molar-refractivity contribution is 7.10. The van der Waals surface area contributed by atoms with Gasteiger partial charge in [-0.2, -0.15) is 0 Å². The summed E-state index contributed by atoms with van der Waals surface area (Å²) in [5.41, 5.74) is 6.29. The zero-order chi connectivity index (χ0) is 14.5. The highest BCUT2D eigenvalue weighted by atomic mass is 32.1. The summed E-state index contributed by atoms with van der Waals surface area (Å²) >= 11 is 1.62. The average Bonchev–Trinajstić information content (AvgIpc) is 3.04. The molecule has 2 aromatic rings. The van der Waals surface area contributed by atoms with Gasteiger partial charge in [0.1, 0.15) is 5.84 Å². The van der Waals surface area contributed by atoms with Crippen molar-refractivity contribution in [3.8, 4) is 0 Å². The molecule has 0 atom stereocenters. The Kier molecular flexibility index (Phi) is 4.53. The lowest BCUT2D eigenvalue weighted by Crippen LogP contribution is -2.29. The third kappa shape index (κ3) is 3.05. The Morgan fingerprint density at radius 1 is 1.55 bits per heavy atom. The Hall–Kier alpha value is -2.14. The fourth-order valence-electron chi connectivity index (χ4n) is 1.99. The molecule has 3 N–H and O–H groups in total. The van der Waals surface area contributed by atoms with E-state index in [0.717, 1.165) is 17.5 Å². The van der Waals surface area contributed by atoms with Gasteiger partial charge in [-0.1, -0.05) is 6.08 Å². The summed E-state index contributed by atoms with van der Waals surface area (Å²) in [5.74, 6) is 0.118. The molecule has 0 aliphatic heterocycles. The van der Waals surface area contributed by atoms with Gasteiger partial charge in [-0.25, -0.2) is 0 Å². The molecule has 104 valence electrons. The van der Waals surface area contributed by atoms with Crippen LogP contribution in [0.1, 0.15) is 17.4 Å². The van der Waals surface area contributed by atoms with Gasteiger partial charge in [-0.05, 0) is 30.4 Å². The molecule has 0 saturated heterocycles. The Morgan fingerprint density at radius 2 is 2.35 bits per heavy atom. The standard InChI is InChI=1S/C15H18N4S/c1-3-11-5-7-19(14(11)4-6-18-2)9-13-8-12(10-20-13)15(16)17/h3-8,10H,9H2,1-2H3,(H3,16,17)/b11-3-,14-4+,18-6?. The maximum absolute atomic E-state index is 7.44. The molecule has 2 heterocycles. The Morgan fingerprint density at radius 3 is 2.95 bits per heavy atom. The van der Waals surface area contributed by atoms with Crippen LogP contribution in [0.3, 0.4) is 0 Å². The van der Waals surface area contributed by atoms with Gasteiger partial charge in [0.25, 0.3) is 0 Å². The van der Waals surface area contributed by atoms with E-state index in [1.54, 1.807) is 24.6 Å². The molecule has 2 rings (SSSR count). The van der Waals surface area contributed by atoms with Crippen LogP contribution >= 0.6 is 11.3 Å². The molecule has 5 heteroatoms. The fourth-order valence-corrected chi connectivity index (χ4v) is 2.88. The molecular formula is C15H18N4S. The van der Waals surface area contributed by atoms with Crippen LogP contribution in [0.4, 0.5) is 0 Å². The smallest absolute Gasteiger partial charge is 0.123 e. The second-order valence-corrected chi connectivity index (χ2v) is 5.36. The normalized spacial score (nSPS) is 13.5. The zero-order valence-corrected chi connectivity index (χ0v) is 12.4. The first kappa shape index (κ1) is 14.3. The van der Waals surface area contributed by atoms with Crippen LogP contribution in [0.15, 0.2) is 28.7 Å². The molecule has 0 unspecified atom stereocenters. The van der Waals surface area contributed by atoms with Gasteiger partial charge < -0.3 is 10.3 Å². The lowest BCUT2D eigenvalue weighted by molar-refractivity contribution is 0.791. The Bertz CT molecular complexity index is 749. The first-order valence-corrected chi connectivity index (χ1v) is 7.19. The summed E-state index contributed by atoms with van der Waals surface area (Å²) in [4.78, 5) is 5.19. The number of nitrogen functional groups attached to an aromatic ring is 1. The van der Waals surface area contributed by atoms with Gasteiger partial charge in [0.15, 0.2) is 0 Å². The van der Waals surface area contributed by atoms with Crippen molar-refractivity contribution < 1.29 is 0 Å². The van der Waals surface area contributed by atoms with E-state index < -0.39 is 0 Å². The highest BCUT2D eigenvalue weighted by Gasteiger charge is 2.04. The number of hydrogen-bond donors (Lipinski definition) is 2. The van der Waals surface area contributed by atoms with Crippen molar-refractivity contribution in [1.82, 2.24) is 4.57 Å². The fraction of sp³-hybridized carbons (Fsp3) is 0.200. The van der Waals surface area contributed by atoms with Crippen molar-refractivity contribution in [3.63, 3.8) is 0 Å². The van der Waals surface area contributed by atoms with Crippen LogP contribution in [-0.2, 0) is 6.54 Å². The number of rotatable bonds is 4. The molecule has 0 aromatic carbocycles. The van der Waals surface area contributed by atoms with E-state index in [0.29, 0.717) is 0 Å². The van der Waals surface area contributed by atoms with Crippen LogP contribution in [0.5, 0.6) is 0 Å².